The van der Waals surface area contributed by atoms with Crippen LogP contribution >= 0.6 is 0 Å². The van der Waals surface area contributed by atoms with Crippen LogP contribution in [-0.4, -0.2) is 54.8 Å². The molecule has 0 fully saturated rings. The van der Waals surface area contributed by atoms with Gasteiger partial charge in [0.25, 0.3) is 5.91 Å². The second kappa shape index (κ2) is 10.8. The number of esters is 2. The van der Waals surface area contributed by atoms with E-state index in [1.165, 1.54) is 19.4 Å². The number of benzene rings is 1. The molecule has 0 aliphatic rings. The molecule has 2 unspecified atom stereocenters. The number of aromatic hydroxyl groups is 1. The molecule has 0 saturated heterocycles. The van der Waals surface area contributed by atoms with E-state index in [2.05, 4.69) is 15.0 Å². The number of carbonyl (C=O) groups is 3. The van der Waals surface area contributed by atoms with Crippen molar-refractivity contribution < 1.29 is 33.7 Å². The van der Waals surface area contributed by atoms with Crippen molar-refractivity contribution in [3.63, 3.8) is 0 Å². The molecule has 0 aliphatic carbocycles. The molecule has 160 valence electrons. The molecule has 30 heavy (non-hydrogen) atoms. The predicted octanol–water partition coefficient (Wildman–Crippen LogP) is 1.49. The van der Waals surface area contributed by atoms with Gasteiger partial charge in [-0.1, -0.05) is 37.3 Å². The zero-order chi connectivity index (χ0) is 22.1. The van der Waals surface area contributed by atoms with Crippen LogP contribution in [0.15, 0.2) is 42.6 Å². The predicted molar refractivity (Wildman–Crippen MR) is 106 cm³/mol. The van der Waals surface area contributed by atoms with E-state index < -0.39 is 42.2 Å². The van der Waals surface area contributed by atoms with Crippen LogP contribution in [0.3, 0.4) is 0 Å². The Labute approximate surface area is 174 Å². The highest BCUT2D eigenvalue weighted by atomic mass is 16.5. The third-order valence-corrected chi connectivity index (χ3v) is 4.29. The lowest BCUT2D eigenvalue weighted by Gasteiger charge is -2.18. The molecule has 1 aromatic heterocycles. The first-order valence-corrected chi connectivity index (χ1v) is 9.18. The Hall–Kier alpha value is -3.62. The summed E-state index contributed by atoms with van der Waals surface area (Å²) >= 11 is 0. The zero-order valence-corrected chi connectivity index (χ0v) is 17.0. The summed E-state index contributed by atoms with van der Waals surface area (Å²) in [4.78, 5) is 40.6. The van der Waals surface area contributed by atoms with Crippen molar-refractivity contribution in [2.24, 2.45) is 5.92 Å². The van der Waals surface area contributed by atoms with Crippen molar-refractivity contribution >= 4 is 17.8 Å². The third-order valence-electron chi connectivity index (χ3n) is 4.29. The summed E-state index contributed by atoms with van der Waals surface area (Å²) in [5.41, 5.74) is 0.631. The van der Waals surface area contributed by atoms with Crippen molar-refractivity contribution in [2.45, 2.75) is 19.4 Å². The van der Waals surface area contributed by atoms with Gasteiger partial charge in [0.15, 0.2) is 23.2 Å². The molecule has 0 saturated carbocycles. The number of pyridine rings is 1. The standard InChI is InChI=1S/C21H24N2O7/c1-13(11-14-7-5-4-6-8-14)20(26)30-12-15(21(27)29-3)23-19(25)17-18(24)16(28-2)9-10-22-17/h4-10,13,15,24H,11-12H2,1-3H3,(H,23,25). The van der Waals surface area contributed by atoms with E-state index in [-0.39, 0.29) is 11.4 Å². The lowest BCUT2D eigenvalue weighted by atomic mass is 10.0. The van der Waals surface area contributed by atoms with E-state index in [0.717, 1.165) is 12.7 Å². The maximum Gasteiger partial charge on any atom is 0.331 e. The summed E-state index contributed by atoms with van der Waals surface area (Å²) in [6.07, 6.45) is 1.74. The molecule has 2 N–H and O–H groups in total. The Morgan fingerprint density at radius 2 is 1.80 bits per heavy atom. The molecule has 2 rings (SSSR count). The minimum atomic E-state index is -1.28. The fourth-order valence-electron chi connectivity index (χ4n) is 2.66. The van der Waals surface area contributed by atoms with Gasteiger partial charge in [0.2, 0.25) is 0 Å². The lowest BCUT2D eigenvalue weighted by Crippen LogP contribution is -2.45. The molecule has 0 spiro atoms. The summed E-state index contributed by atoms with van der Waals surface area (Å²) in [7, 11) is 2.46. The summed E-state index contributed by atoms with van der Waals surface area (Å²) in [6, 6.07) is 9.52. The van der Waals surface area contributed by atoms with Gasteiger partial charge in [-0.3, -0.25) is 9.59 Å². The van der Waals surface area contributed by atoms with E-state index in [1.807, 2.05) is 30.3 Å². The number of carbonyl (C=O) groups excluding carboxylic acids is 3. The maximum absolute atomic E-state index is 12.4. The topological polar surface area (TPSA) is 124 Å². The van der Waals surface area contributed by atoms with Gasteiger partial charge in [0.05, 0.1) is 20.1 Å². The van der Waals surface area contributed by atoms with Crippen LogP contribution in [0, 0.1) is 5.92 Å². The van der Waals surface area contributed by atoms with Crippen molar-refractivity contribution in [1.29, 1.82) is 0 Å². The normalized spacial score (nSPS) is 12.4. The monoisotopic (exact) mass is 416 g/mol. The molecule has 9 nitrogen and oxygen atoms in total. The summed E-state index contributed by atoms with van der Waals surface area (Å²) in [5, 5.41) is 12.4. The average Bonchev–Trinajstić information content (AvgIpc) is 2.76. The first kappa shape index (κ1) is 22.7. The van der Waals surface area contributed by atoms with E-state index in [9.17, 15) is 19.5 Å². The molecule has 1 amide bonds. The highest BCUT2D eigenvalue weighted by Crippen LogP contribution is 2.27. The molecule has 0 bridgehead atoms. The molecule has 2 aromatic rings. The molecule has 2 atom stereocenters. The van der Waals surface area contributed by atoms with Gasteiger partial charge in [-0.05, 0) is 12.0 Å². The Morgan fingerprint density at radius 1 is 1.10 bits per heavy atom. The lowest BCUT2D eigenvalue weighted by molar-refractivity contribution is -0.152. The Morgan fingerprint density at radius 3 is 2.43 bits per heavy atom. The smallest absolute Gasteiger partial charge is 0.331 e. The van der Waals surface area contributed by atoms with Gasteiger partial charge in [-0.2, -0.15) is 0 Å². The summed E-state index contributed by atoms with van der Waals surface area (Å²) < 4.78 is 14.8. The van der Waals surface area contributed by atoms with E-state index in [4.69, 9.17) is 9.47 Å². The number of hydrogen-bond acceptors (Lipinski definition) is 8. The largest absolute Gasteiger partial charge is 0.503 e. The average molecular weight is 416 g/mol. The van der Waals surface area contributed by atoms with Gasteiger partial charge in [-0.25, -0.2) is 9.78 Å². The van der Waals surface area contributed by atoms with Crippen LogP contribution in [0.1, 0.15) is 23.0 Å². The highest BCUT2D eigenvalue weighted by molar-refractivity contribution is 5.98. The zero-order valence-electron chi connectivity index (χ0n) is 17.0. The molecule has 1 heterocycles. The molecular formula is C21H24N2O7. The molecule has 0 radical (unpaired) electrons. The van der Waals surface area contributed by atoms with Crippen molar-refractivity contribution in [1.82, 2.24) is 10.3 Å². The van der Waals surface area contributed by atoms with E-state index in [0.29, 0.717) is 6.42 Å². The number of aromatic nitrogens is 1. The van der Waals surface area contributed by atoms with Crippen LogP contribution in [0.4, 0.5) is 0 Å². The second-order valence-electron chi connectivity index (χ2n) is 6.48. The fraction of sp³-hybridized carbons (Fsp3) is 0.333. The van der Waals surface area contributed by atoms with Gasteiger partial charge >= 0.3 is 11.9 Å². The number of nitrogens with zero attached hydrogens (tertiary/aromatic N) is 1. The number of amides is 1. The van der Waals surface area contributed by atoms with Crippen molar-refractivity contribution in [3.8, 4) is 11.5 Å². The minimum absolute atomic E-state index is 0.0472. The van der Waals surface area contributed by atoms with Crippen LogP contribution < -0.4 is 10.1 Å². The van der Waals surface area contributed by atoms with Gasteiger partial charge < -0.3 is 24.6 Å². The number of nitrogens with one attached hydrogen (secondary N) is 1. The number of rotatable bonds is 9. The van der Waals surface area contributed by atoms with Gasteiger partial charge in [0, 0.05) is 12.3 Å². The van der Waals surface area contributed by atoms with Crippen LogP contribution in [0.2, 0.25) is 0 Å². The van der Waals surface area contributed by atoms with Crippen LogP contribution in [0.5, 0.6) is 11.5 Å². The third kappa shape index (κ3) is 5.94. The SMILES string of the molecule is COC(=O)C(COC(=O)C(C)Cc1ccccc1)NC(=O)c1nccc(OC)c1O. The number of methoxy groups -OCH3 is 2. The van der Waals surface area contributed by atoms with Crippen molar-refractivity contribution in [3.05, 3.63) is 53.9 Å². The van der Waals surface area contributed by atoms with E-state index in [1.54, 1.807) is 6.92 Å². The summed E-state index contributed by atoms with van der Waals surface area (Å²) in [6.45, 7) is 1.28. The minimum Gasteiger partial charge on any atom is -0.503 e. The molecule has 9 heteroatoms. The highest BCUT2D eigenvalue weighted by Gasteiger charge is 2.27. The Kier molecular flexibility index (Phi) is 8.16. The second-order valence-corrected chi connectivity index (χ2v) is 6.48. The molecular weight excluding hydrogens is 392 g/mol. The van der Waals surface area contributed by atoms with Crippen LogP contribution in [-0.2, 0) is 25.5 Å². The quantitative estimate of drug-likeness (QED) is 0.589. The van der Waals surface area contributed by atoms with E-state index >= 15 is 0 Å². The molecule has 0 aliphatic heterocycles. The maximum atomic E-state index is 12.4. The summed E-state index contributed by atoms with van der Waals surface area (Å²) in [5.74, 6) is -3.07. The van der Waals surface area contributed by atoms with Crippen LogP contribution in [0.25, 0.3) is 0 Å². The van der Waals surface area contributed by atoms with Crippen molar-refractivity contribution in [2.75, 3.05) is 20.8 Å². The number of ether oxygens (including phenoxy) is 3. The van der Waals surface area contributed by atoms with Gasteiger partial charge in [-0.15, -0.1) is 0 Å². The Bertz CT molecular complexity index is 886. The number of hydrogen-bond donors (Lipinski definition) is 2. The first-order chi connectivity index (χ1) is 14.4. The fourth-order valence-corrected chi connectivity index (χ4v) is 2.66. The van der Waals surface area contributed by atoms with Gasteiger partial charge in [0.1, 0.15) is 6.61 Å². The first-order valence-electron chi connectivity index (χ1n) is 9.18. The Balaban J connectivity index is 2.01. The molecule has 1 aromatic carbocycles.